The molecule has 0 aliphatic carbocycles. The molecule has 0 aromatic heterocycles. The van der Waals surface area contributed by atoms with E-state index in [1.165, 1.54) is 12.1 Å². The van der Waals surface area contributed by atoms with Crippen LogP contribution in [0, 0.1) is 10.1 Å². The van der Waals surface area contributed by atoms with Crippen molar-refractivity contribution in [2.24, 2.45) is 0 Å². The Labute approximate surface area is 157 Å². The van der Waals surface area contributed by atoms with Crippen molar-refractivity contribution in [1.82, 2.24) is 5.32 Å². The van der Waals surface area contributed by atoms with Crippen molar-refractivity contribution < 1.29 is 19.2 Å². The molecule has 27 heavy (non-hydrogen) atoms. The average Bonchev–Trinajstić information content (AvgIpc) is 2.65. The third-order valence-electron chi connectivity index (χ3n) is 4.36. The van der Waals surface area contributed by atoms with Crippen molar-refractivity contribution in [2.75, 3.05) is 13.2 Å². The summed E-state index contributed by atoms with van der Waals surface area (Å²) in [4.78, 5) is 22.6. The second-order valence-electron chi connectivity index (χ2n) is 6.45. The maximum absolute atomic E-state index is 12.3. The van der Waals surface area contributed by atoms with E-state index in [0.29, 0.717) is 19.6 Å². The van der Waals surface area contributed by atoms with Crippen LogP contribution in [0.15, 0.2) is 54.6 Å². The molecule has 0 bridgehead atoms. The Bertz CT molecular complexity index is 764. The summed E-state index contributed by atoms with van der Waals surface area (Å²) in [7, 11) is 0. The van der Waals surface area contributed by atoms with E-state index >= 15 is 0 Å². The molecule has 1 aliphatic rings. The third kappa shape index (κ3) is 5.60. The zero-order valence-corrected chi connectivity index (χ0v) is 14.9. The SMILES string of the molecule is O=C(Cc1ccccc1)N[C@H]1CCCO[C@@H](c2ccc([N+](=O)[O-])cc2)OC1. The van der Waals surface area contributed by atoms with Gasteiger partial charge in [-0.1, -0.05) is 30.3 Å². The van der Waals surface area contributed by atoms with Gasteiger partial charge in [0, 0.05) is 17.7 Å². The number of amides is 1. The van der Waals surface area contributed by atoms with Gasteiger partial charge in [0.05, 0.1) is 30.6 Å². The summed E-state index contributed by atoms with van der Waals surface area (Å²) in [5, 5.41) is 13.8. The van der Waals surface area contributed by atoms with Crippen LogP contribution in [0.25, 0.3) is 0 Å². The zero-order chi connectivity index (χ0) is 19.1. The smallest absolute Gasteiger partial charge is 0.269 e. The minimum absolute atomic E-state index is 0.0237. The number of non-ortho nitro benzene ring substituents is 1. The number of benzene rings is 2. The van der Waals surface area contributed by atoms with Crippen molar-refractivity contribution in [3.8, 4) is 0 Å². The molecular weight excluding hydrogens is 348 g/mol. The van der Waals surface area contributed by atoms with Crippen LogP contribution in [0.1, 0.15) is 30.3 Å². The molecule has 0 spiro atoms. The molecule has 1 saturated heterocycles. The predicted octanol–water partition coefficient (Wildman–Crippen LogP) is 3.15. The lowest BCUT2D eigenvalue weighted by Crippen LogP contribution is -2.40. The lowest BCUT2D eigenvalue weighted by atomic mass is 10.1. The third-order valence-corrected chi connectivity index (χ3v) is 4.36. The van der Waals surface area contributed by atoms with Crippen LogP contribution in [0.4, 0.5) is 5.69 Å². The summed E-state index contributed by atoms with van der Waals surface area (Å²) in [5.74, 6) is -0.0387. The Morgan fingerprint density at radius 1 is 1.11 bits per heavy atom. The number of carbonyl (C=O) groups excluding carboxylic acids is 1. The number of rotatable bonds is 5. The number of carbonyl (C=O) groups is 1. The fourth-order valence-corrected chi connectivity index (χ4v) is 2.97. The van der Waals surface area contributed by atoms with E-state index in [1.54, 1.807) is 12.1 Å². The van der Waals surface area contributed by atoms with E-state index in [2.05, 4.69) is 5.32 Å². The van der Waals surface area contributed by atoms with Gasteiger partial charge in [0.1, 0.15) is 0 Å². The minimum atomic E-state index is -0.598. The van der Waals surface area contributed by atoms with Crippen LogP contribution < -0.4 is 5.32 Å². The van der Waals surface area contributed by atoms with E-state index in [0.717, 1.165) is 24.0 Å². The van der Waals surface area contributed by atoms with Gasteiger partial charge in [-0.2, -0.15) is 0 Å². The summed E-state index contributed by atoms with van der Waals surface area (Å²) >= 11 is 0. The number of nitrogens with one attached hydrogen (secondary N) is 1. The highest BCUT2D eigenvalue weighted by Gasteiger charge is 2.21. The molecule has 1 amide bonds. The summed E-state index contributed by atoms with van der Waals surface area (Å²) in [6.07, 6.45) is 1.30. The molecule has 0 unspecified atom stereocenters. The molecule has 1 fully saturated rings. The molecule has 7 nitrogen and oxygen atoms in total. The molecule has 2 aromatic carbocycles. The van der Waals surface area contributed by atoms with Crippen molar-refractivity contribution >= 4 is 11.6 Å². The summed E-state index contributed by atoms with van der Waals surface area (Å²) in [5.41, 5.74) is 1.71. The monoisotopic (exact) mass is 370 g/mol. The number of hydrogen-bond donors (Lipinski definition) is 1. The first kappa shape index (κ1) is 19.0. The number of nitro groups is 1. The molecule has 1 N–H and O–H groups in total. The Morgan fingerprint density at radius 3 is 2.56 bits per heavy atom. The summed E-state index contributed by atoms with van der Waals surface area (Å²) in [6, 6.07) is 15.6. The Kier molecular flexibility index (Phi) is 6.51. The molecule has 0 saturated carbocycles. The number of nitrogens with zero attached hydrogens (tertiary/aromatic N) is 1. The van der Waals surface area contributed by atoms with Crippen molar-refractivity contribution in [3.63, 3.8) is 0 Å². The van der Waals surface area contributed by atoms with Gasteiger partial charge in [0.15, 0.2) is 6.29 Å². The molecule has 142 valence electrons. The number of nitro benzene ring substituents is 1. The maximum Gasteiger partial charge on any atom is 0.269 e. The Balaban J connectivity index is 1.55. The van der Waals surface area contributed by atoms with E-state index in [1.807, 2.05) is 30.3 Å². The first-order valence-corrected chi connectivity index (χ1v) is 8.92. The molecule has 1 aliphatic heterocycles. The van der Waals surface area contributed by atoms with E-state index in [4.69, 9.17) is 9.47 Å². The highest BCUT2D eigenvalue weighted by molar-refractivity contribution is 5.78. The average molecular weight is 370 g/mol. The quantitative estimate of drug-likeness (QED) is 0.645. The van der Waals surface area contributed by atoms with Crippen LogP contribution in [0.5, 0.6) is 0 Å². The summed E-state index contributed by atoms with van der Waals surface area (Å²) in [6.45, 7) is 0.814. The highest BCUT2D eigenvalue weighted by Crippen LogP contribution is 2.24. The Morgan fingerprint density at radius 2 is 1.85 bits per heavy atom. The maximum atomic E-state index is 12.3. The number of ether oxygens (including phenoxy) is 2. The fourth-order valence-electron chi connectivity index (χ4n) is 2.97. The second-order valence-corrected chi connectivity index (χ2v) is 6.45. The fraction of sp³-hybridized carbons (Fsp3) is 0.350. The first-order chi connectivity index (χ1) is 13.1. The van der Waals surface area contributed by atoms with Gasteiger partial charge >= 0.3 is 0 Å². The largest absolute Gasteiger partial charge is 0.351 e. The van der Waals surface area contributed by atoms with E-state index in [9.17, 15) is 14.9 Å². The molecule has 2 aromatic rings. The number of hydrogen-bond acceptors (Lipinski definition) is 5. The van der Waals surface area contributed by atoms with Gasteiger partial charge in [-0.15, -0.1) is 0 Å². The highest BCUT2D eigenvalue weighted by atomic mass is 16.7. The molecule has 1 heterocycles. The zero-order valence-electron chi connectivity index (χ0n) is 14.9. The Hall–Kier alpha value is -2.77. The van der Waals surface area contributed by atoms with Gasteiger partial charge in [-0.25, -0.2) is 0 Å². The van der Waals surface area contributed by atoms with Crippen LogP contribution in [-0.4, -0.2) is 30.1 Å². The van der Waals surface area contributed by atoms with Crippen LogP contribution in [0.3, 0.4) is 0 Å². The lowest BCUT2D eigenvalue weighted by molar-refractivity contribution is -0.384. The van der Waals surface area contributed by atoms with Crippen molar-refractivity contribution in [2.45, 2.75) is 31.6 Å². The van der Waals surface area contributed by atoms with Gasteiger partial charge in [-0.3, -0.25) is 14.9 Å². The normalized spacial score (nSPS) is 20.3. The minimum Gasteiger partial charge on any atom is -0.351 e. The molecule has 0 radical (unpaired) electrons. The molecule has 3 rings (SSSR count). The molecule has 2 atom stereocenters. The lowest BCUT2D eigenvalue weighted by Gasteiger charge is -2.27. The van der Waals surface area contributed by atoms with Crippen LogP contribution >= 0.6 is 0 Å². The summed E-state index contributed by atoms with van der Waals surface area (Å²) < 4.78 is 11.5. The van der Waals surface area contributed by atoms with Crippen LogP contribution in [-0.2, 0) is 20.7 Å². The van der Waals surface area contributed by atoms with E-state index in [-0.39, 0.29) is 17.6 Å². The first-order valence-electron chi connectivity index (χ1n) is 8.92. The second kappa shape index (κ2) is 9.25. The van der Waals surface area contributed by atoms with Gasteiger partial charge in [-0.05, 0) is 30.5 Å². The molecular formula is C20H22N2O5. The molecule has 7 heteroatoms. The topological polar surface area (TPSA) is 90.7 Å². The van der Waals surface area contributed by atoms with Gasteiger partial charge < -0.3 is 14.8 Å². The van der Waals surface area contributed by atoms with Gasteiger partial charge in [0.25, 0.3) is 5.69 Å². The predicted molar refractivity (Wildman–Crippen MR) is 99.1 cm³/mol. The van der Waals surface area contributed by atoms with Crippen molar-refractivity contribution in [1.29, 1.82) is 0 Å². The van der Waals surface area contributed by atoms with E-state index < -0.39 is 11.2 Å². The standard InChI is InChI=1S/C20H22N2O5/c23-19(13-15-5-2-1-3-6-15)21-17-7-4-12-26-20(27-14-17)16-8-10-18(11-9-16)22(24)25/h1-3,5-6,8-11,17,20H,4,7,12-14H2,(H,21,23)/t17-,20+/m0/s1. The van der Waals surface area contributed by atoms with Crippen LogP contribution in [0.2, 0.25) is 0 Å². The van der Waals surface area contributed by atoms with Gasteiger partial charge in [0.2, 0.25) is 5.91 Å². The van der Waals surface area contributed by atoms with Crippen molar-refractivity contribution in [3.05, 3.63) is 75.8 Å².